The van der Waals surface area contributed by atoms with Crippen LogP contribution < -0.4 is 10.6 Å². The number of likely N-dealkylation sites (tertiary alicyclic amines) is 1. The minimum absolute atomic E-state index is 0.140. The standard InChI is InChI=1S/C16H24N4O5.C7H9N.C5H12/c1-11(18-14(22)4-5-25-3)16(24)19(2)9-15(23)20-8-12(10-21)6-13(20)7-17;1-8-7-5-3-2-4-6-7;1-5(2,3)4/h10-13H,4-6,8-9H2,1-3H3,(H,18,22);2-6,8H,1H3;1-4H3. The molecular weight excluding hydrogens is 486 g/mol. The summed E-state index contributed by atoms with van der Waals surface area (Å²) in [4.78, 5) is 49.6. The van der Waals surface area contributed by atoms with E-state index in [2.05, 4.69) is 38.3 Å². The molecule has 212 valence electrons. The van der Waals surface area contributed by atoms with Gasteiger partial charge in [-0.25, -0.2) is 0 Å². The van der Waals surface area contributed by atoms with Gasteiger partial charge in [0.1, 0.15) is 18.4 Å². The van der Waals surface area contributed by atoms with E-state index in [1.165, 1.54) is 30.9 Å². The molecule has 2 rings (SSSR count). The van der Waals surface area contributed by atoms with Gasteiger partial charge in [0.15, 0.2) is 0 Å². The molecule has 1 aliphatic rings. The van der Waals surface area contributed by atoms with Gasteiger partial charge in [0.2, 0.25) is 17.7 Å². The number of hydrogen-bond acceptors (Lipinski definition) is 7. The molecule has 10 heteroatoms. The van der Waals surface area contributed by atoms with Crippen LogP contribution in [0.3, 0.4) is 0 Å². The Kier molecular flexibility index (Phi) is 16.3. The van der Waals surface area contributed by atoms with Crippen LogP contribution >= 0.6 is 0 Å². The molecule has 3 atom stereocenters. The molecule has 10 nitrogen and oxygen atoms in total. The first-order valence-corrected chi connectivity index (χ1v) is 12.7. The number of nitrogens with one attached hydrogen (secondary N) is 2. The zero-order valence-corrected chi connectivity index (χ0v) is 24.1. The zero-order chi connectivity index (χ0) is 29.3. The molecule has 2 N–H and O–H groups in total. The van der Waals surface area contributed by atoms with E-state index in [-0.39, 0.29) is 37.9 Å². The summed E-state index contributed by atoms with van der Waals surface area (Å²) in [6.45, 7) is 10.5. The monoisotopic (exact) mass is 531 g/mol. The first kappa shape index (κ1) is 34.6. The topological polar surface area (TPSA) is 132 Å². The molecule has 1 aromatic rings. The van der Waals surface area contributed by atoms with Crippen LogP contribution in [0.1, 0.15) is 47.5 Å². The van der Waals surface area contributed by atoms with Gasteiger partial charge in [0, 0.05) is 45.8 Å². The lowest BCUT2D eigenvalue weighted by Crippen LogP contribution is -2.49. The Bertz CT molecular complexity index is 904. The van der Waals surface area contributed by atoms with Crippen LogP contribution in [0.15, 0.2) is 30.3 Å². The number of nitriles is 1. The van der Waals surface area contributed by atoms with E-state index in [1.807, 2.05) is 43.4 Å². The lowest BCUT2D eigenvalue weighted by Gasteiger charge is -2.25. The van der Waals surface area contributed by atoms with Crippen LogP contribution in [0, 0.1) is 22.7 Å². The van der Waals surface area contributed by atoms with Gasteiger partial charge in [-0.05, 0) is 30.9 Å². The molecule has 1 aromatic carbocycles. The Balaban J connectivity index is 0.000000855. The number of carbonyl (C=O) groups is 4. The summed E-state index contributed by atoms with van der Waals surface area (Å²) < 4.78 is 4.79. The Labute approximate surface area is 227 Å². The smallest absolute Gasteiger partial charge is 0.245 e. The van der Waals surface area contributed by atoms with Crippen molar-refractivity contribution in [1.82, 2.24) is 15.1 Å². The Morgan fingerprint density at radius 1 is 1.24 bits per heavy atom. The quantitative estimate of drug-likeness (QED) is 0.468. The van der Waals surface area contributed by atoms with Crippen molar-refractivity contribution < 1.29 is 23.9 Å². The molecule has 1 saturated heterocycles. The van der Waals surface area contributed by atoms with Crippen molar-refractivity contribution in [3.05, 3.63) is 30.3 Å². The number of aldehydes is 1. The van der Waals surface area contributed by atoms with Crippen LogP contribution in [-0.4, -0.2) is 86.8 Å². The highest BCUT2D eigenvalue weighted by molar-refractivity contribution is 5.90. The first-order chi connectivity index (χ1) is 17.8. The van der Waals surface area contributed by atoms with Crippen molar-refractivity contribution in [2.75, 3.05) is 46.2 Å². The number of para-hydroxylation sites is 1. The summed E-state index contributed by atoms with van der Waals surface area (Å²) in [5.41, 5.74) is 1.66. The molecule has 0 spiro atoms. The van der Waals surface area contributed by atoms with E-state index in [9.17, 15) is 19.2 Å². The lowest BCUT2D eigenvalue weighted by atomic mass is 10.0. The number of benzene rings is 1. The second-order valence-corrected chi connectivity index (χ2v) is 10.7. The second kappa shape index (κ2) is 17.9. The number of anilines is 1. The molecule has 0 radical (unpaired) electrons. The minimum atomic E-state index is -0.782. The fourth-order valence-electron chi connectivity index (χ4n) is 3.24. The number of likely N-dealkylation sites (N-methyl/N-ethyl adjacent to an activating group) is 1. The number of rotatable bonds is 9. The van der Waals surface area contributed by atoms with Crippen LogP contribution in [0.5, 0.6) is 0 Å². The second-order valence-electron chi connectivity index (χ2n) is 10.7. The van der Waals surface area contributed by atoms with E-state index in [1.54, 1.807) is 0 Å². The van der Waals surface area contributed by atoms with Crippen LogP contribution in [-0.2, 0) is 23.9 Å². The van der Waals surface area contributed by atoms with Crippen molar-refractivity contribution in [1.29, 1.82) is 5.26 Å². The van der Waals surface area contributed by atoms with E-state index in [4.69, 9.17) is 10.00 Å². The van der Waals surface area contributed by atoms with Gasteiger partial charge in [-0.15, -0.1) is 0 Å². The highest BCUT2D eigenvalue weighted by Gasteiger charge is 2.36. The average Bonchev–Trinajstić information content (AvgIpc) is 3.30. The molecule has 1 aliphatic heterocycles. The highest BCUT2D eigenvalue weighted by Crippen LogP contribution is 2.21. The van der Waals surface area contributed by atoms with Crippen molar-refractivity contribution in [3.63, 3.8) is 0 Å². The number of carbonyl (C=O) groups excluding carboxylic acids is 4. The molecule has 1 fully saturated rings. The average molecular weight is 532 g/mol. The first-order valence-electron chi connectivity index (χ1n) is 12.7. The van der Waals surface area contributed by atoms with E-state index in [0.717, 1.165) is 12.0 Å². The largest absolute Gasteiger partial charge is 0.388 e. The van der Waals surface area contributed by atoms with Gasteiger partial charge in [-0.2, -0.15) is 5.26 Å². The molecular formula is C28H45N5O5. The van der Waals surface area contributed by atoms with Crippen LogP contribution in [0.25, 0.3) is 0 Å². The summed E-state index contributed by atoms with van der Waals surface area (Å²) in [7, 11) is 4.84. The third-order valence-corrected chi connectivity index (χ3v) is 5.09. The number of ether oxygens (including phenoxy) is 1. The summed E-state index contributed by atoms with van der Waals surface area (Å²) in [5.74, 6) is -1.49. The fourth-order valence-corrected chi connectivity index (χ4v) is 3.24. The summed E-state index contributed by atoms with van der Waals surface area (Å²) >= 11 is 0. The Morgan fingerprint density at radius 3 is 2.26 bits per heavy atom. The summed E-state index contributed by atoms with van der Waals surface area (Å²) in [6, 6.07) is 10.6. The minimum Gasteiger partial charge on any atom is -0.388 e. The SMILES string of the molecule is CC(C)(C)C.CNc1ccccc1.COCCC(=O)NC(C)C(=O)N(C)CC(=O)N1CC(C=O)CC1C#N. The van der Waals surface area contributed by atoms with Gasteiger partial charge in [0.05, 0.1) is 19.2 Å². The van der Waals surface area contributed by atoms with E-state index >= 15 is 0 Å². The normalized spacial score (nSPS) is 16.9. The highest BCUT2D eigenvalue weighted by atomic mass is 16.5. The van der Waals surface area contributed by atoms with E-state index in [0.29, 0.717) is 11.8 Å². The summed E-state index contributed by atoms with van der Waals surface area (Å²) in [5, 5.41) is 14.7. The predicted molar refractivity (Wildman–Crippen MR) is 148 cm³/mol. The lowest BCUT2D eigenvalue weighted by molar-refractivity contribution is -0.141. The molecule has 0 aliphatic carbocycles. The number of nitrogens with zero attached hydrogens (tertiary/aromatic N) is 3. The Hall–Kier alpha value is -3.45. The molecule has 0 bridgehead atoms. The zero-order valence-electron chi connectivity index (χ0n) is 24.1. The molecule has 3 amide bonds. The Morgan fingerprint density at radius 2 is 1.82 bits per heavy atom. The van der Waals surface area contributed by atoms with Crippen LogP contribution in [0.4, 0.5) is 5.69 Å². The van der Waals surface area contributed by atoms with Gasteiger partial charge in [-0.1, -0.05) is 45.9 Å². The predicted octanol–water partition coefficient (Wildman–Crippen LogP) is 2.71. The van der Waals surface area contributed by atoms with Gasteiger partial charge >= 0.3 is 0 Å². The van der Waals surface area contributed by atoms with Crippen LogP contribution in [0.2, 0.25) is 0 Å². The van der Waals surface area contributed by atoms with Gasteiger partial charge in [-0.3, -0.25) is 14.4 Å². The van der Waals surface area contributed by atoms with Gasteiger partial charge < -0.3 is 30.0 Å². The molecule has 1 heterocycles. The van der Waals surface area contributed by atoms with Crippen molar-refractivity contribution in [2.24, 2.45) is 11.3 Å². The summed E-state index contributed by atoms with van der Waals surface area (Å²) in [6.07, 6.45) is 1.20. The number of methoxy groups -OCH3 is 1. The van der Waals surface area contributed by atoms with Crippen molar-refractivity contribution >= 4 is 29.7 Å². The third-order valence-electron chi connectivity index (χ3n) is 5.09. The molecule has 3 unspecified atom stereocenters. The molecule has 38 heavy (non-hydrogen) atoms. The molecule has 0 aromatic heterocycles. The fraction of sp³-hybridized carbons (Fsp3) is 0.607. The molecule has 0 saturated carbocycles. The maximum absolute atomic E-state index is 12.3. The maximum atomic E-state index is 12.3. The third kappa shape index (κ3) is 15.0. The van der Waals surface area contributed by atoms with Gasteiger partial charge in [0.25, 0.3) is 0 Å². The van der Waals surface area contributed by atoms with Crippen molar-refractivity contribution in [2.45, 2.75) is 59.5 Å². The number of hydrogen-bond donors (Lipinski definition) is 2. The van der Waals surface area contributed by atoms with E-state index < -0.39 is 23.9 Å². The number of amides is 3. The van der Waals surface area contributed by atoms with Crippen molar-refractivity contribution in [3.8, 4) is 6.07 Å². The maximum Gasteiger partial charge on any atom is 0.245 e.